The molecule has 0 fully saturated rings. The van der Waals surface area contributed by atoms with Gasteiger partial charge in [-0.1, -0.05) is 0 Å². The van der Waals surface area contributed by atoms with E-state index in [1.165, 1.54) is 6.07 Å². The van der Waals surface area contributed by atoms with Crippen LogP contribution in [0.25, 0.3) is 0 Å². The number of nitrogens with zero attached hydrogens (tertiary/aromatic N) is 1. The summed E-state index contributed by atoms with van der Waals surface area (Å²) in [6.45, 7) is 2.17. The first-order chi connectivity index (χ1) is 8.99. The number of anilines is 1. The highest BCUT2D eigenvalue weighted by molar-refractivity contribution is 9.10. The van der Waals surface area contributed by atoms with E-state index in [0.29, 0.717) is 12.1 Å². The third-order valence-corrected chi connectivity index (χ3v) is 3.18. The van der Waals surface area contributed by atoms with E-state index in [4.69, 9.17) is 0 Å². The monoisotopic (exact) mass is 324 g/mol. The summed E-state index contributed by atoms with van der Waals surface area (Å²) in [5.41, 5.74) is 2.13. The summed E-state index contributed by atoms with van der Waals surface area (Å²) in [5.74, 6) is -1.18. The van der Waals surface area contributed by atoms with Gasteiger partial charge in [0.25, 0.3) is 0 Å². The van der Waals surface area contributed by atoms with Crippen molar-refractivity contribution in [3.05, 3.63) is 40.1 Å². The number of phenolic OH excluding ortho intramolecular Hbond substituents is 3. The summed E-state index contributed by atoms with van der Waals surface area (Å²) in [4.78, 5) is 4.24. The molecular weight excluding hydrogens is 312 g/mol. The van der Waals surface area contributed by atoms with Crippen LogP contribution < -0.4 is 5.32 Å². The van der Waals surface area contributed by atoms with Crippen molar-refractivity contribution in [2.75, 3.05) is 5.32 Å². The number of aromatic hydroxyl groups is 3. The van der Waals surface area contributed by atoms with Crippen molar-refractivity contribution >= 4 is 21.6 Å². The fraction of sp³-hybridized carbons (Fsp3) is 0.154. The molecular formula is C13H13BrN2O3. The normalized spacial score (nSPS) is 10.4. The average molecular weight is 325 g/mol. The molecule has 1 aromatic heterocycles. The van der Waals surface area contributed by atoms with Crippen LogP contribution in [0.4, 0.5) is 5.69 Å². The maximum Gasteiger partial charge on any atom is 0.200 e. The minimum atomic E-state index is -0.509. The van der Waals surface area contributed by atoms with Crippen LogP contribution in [0.15, 0.2) is 28.9 Å². The Hall–Kier alpha value is -1.95. The molecule has 0 aliphatic carbocycles. The molecule has 5 nitrogen and oxygen atoms in total. The van der Waals surface area contributed by atoms with Crippen LogP contribution in [0, 0.1) is 6.92 Å². The molecule has 0 spiro atoms. The zero-order valence-corrected chi connectivity index (χ0v) is 11.8. The number of aromatic nitrogens is 1. The summed E-state index contributed by atoms with van der Waals surface area (Å²) >= 11 is 3.28. The van der Waals surface area contributed by atoms with Crippen LogP contribution in [-0.4, -0.2) is 20.3 Å². The van der Waals surface area contributed by atoms with E-state index >= 15 is 0 Å². The number of hydrogen-bond donors (Lipinski definition) is 4. The SMILES string of the molecule is Cc1nc(Br)ccc1NCc1ccc(O)c(O)c1O. The maximum absolute atomic E-state index is 9.70. The number of nitrogens with one attached hydrogen (secondary N) is 1. The molecule has 0 atom stereocenters. The first-order valence-corrected chi connectivity index (χ1v) is 6.38. The molecule has 6 heteroatoms. The Morgan fingerprint density at radius 3 is 2.53 bits per heavy atom. The predicted molar refractivity (Wildman–Crippen MR) is 75.4 cm³/mol. The molecule has 19 heavy (non-hydrogen) atoms. The molecule has 0 aliphatic rings. The van der Waals surface area contributed by atoms with Crippen molar-refractivity contribution in [2.24, 2.45) is 0 Å². The minimum absolute atomic E-state index is 0.309. The molecule has 0 unspecified atom stereocenters. The van der Waals surface area contributed by atoms with E-state index in [0.717, 1.165) is 16.0 Å². The largest absolute Gasteiger partial charge is 0.504 e. The number of rotatable bonds is 3. The summed E-state index contributed by atoms with van der Waals surface area (Å²) < 4.78 is 0.751. The standard InChI is InChI=1S/C13H13BrN2O3/c1-7-9(3-5-11(14)16-7)15-6-8-2-4-10(17)13(19)12(8)18/h2-5,15,17-19H,6H2,1H3. The van der Waals surface area contributed by atoms with Gasteiger partial charge in [0.1, 0.15) is 4.60 Å². The lowest BCUT2D eigenvalue weighted by molar-refractivity contribution is 0.365. The summed E-state index contributed by atoms with van der Waals surface area (Å²) in [7, 11) is 0. The Morgan fingerprint density at radius 1 is 1.11 bits per heavy atom. The van der Waals surface area contributed by atoms with Gasteiger partial charge in [-0.15, -0.1) is 0 Å². The van der Waals surface area contributed by atoms with Gasteiger partial charge in [0.05, 0.1) is 11.4 Å². The average Bonchev–Trinajstić information content (AvgIpc) is 2.37. The van der Waals surface area contributed by atoms with Gasteiger partial charge in [0.15, 0.2) is 11.5 Å². The van der Waals surface area contributed by atoms with E-state index in [9.17, 15) is 15.3 Å². The molecule has 0 amide bonds. The van der Waals surface area contributed by atoms with Crippen LogP contribution in [0.5, 0.6) is 17.2 Å². The van der Waals surface area contributed by atoms with Crippen molar-refractivity contribution in [1.29, 1.82) is 0 Å². The fourth-order valence-corrected chi connectivity index (χ4v) is 2.06. The Labute approximate surface area is 118 Å². The van der Waals surface area contributed by atoms with Gasteiger partial charge in [0, 0.05) is 12.1 Å². The first kappa shape index (κ1) is 13.5. The van der Waals surface area contributed by atoms with Gasteiger partial charge in [-0.3, -0.25) is 0 Å². The molecule has 0 saturated carbocycles. The van der Waals surface area contributed by atoms with E-state index < -0.39 is 5.75 Å². The molecule has 1 heterocycles. The van der Waals surface area contributed by atoms with Crippen molar-refractivity contribution in [1.82, 2.24) is 4.98 Å². The number of halogens is 1. The Kier molecular flexibility index (Phi) is 3.80. The van der Waals surface area contributed by atoms with E-state index in [1.54, 1.807) is 6.07 Å². The van der Waals surface area contributed by atoms with Crippen LogP contribution in [0.2, 0.25) is 0 Å². The second-order valence-electron chi connectivity index (χ2n) is 4.06. The van der Waals surface area contributed by atoms with Gasteiger partial charge in [0.2, 0.25) is 5.75 Å². The zero-order valence-electron chi connectivity index (χ0n) is 10.2. The number of benzene rings is 1. The molecule has 0 saturated heterocycles. The molecule has 1 aromatic carbocycles. The fourth-order valence-electron chi connectivity index (χ4n) is 1.66. The second kappa shape index (κ2) is 5.36. The first-order valence-electron chi connectivity index (χ1n) is 5.59. The van der Waals surface area contributed by atoms with Crippen LogP contribution in [-0.2, 0) is 6.54 Å². The third-order valence-electron chi connectivity index (χ3n) is 2.73. The predicted octanol–water partition coefficient (Wildman–Crippen LogP) is 2.88. The Morgan fingerprint density at radius 2 is 1.84 bits per heavy atom. The van der Waals surface area contributed by atoms with Gasteiger partial charge in [-0.05, 0) is 47.1 Å². The molecule has 4 N–H and O–H groups in total. The van der Waals surface area contributed by atoms with E-state index in [-0.39, 0.29) is 11.5 Å². The summed E-state index contributed by atoms with van der Waals surface area (Å²) in [6, 6.07) is 6.55. The topological polar surface area (TPSA) is 85.6 Å². The van der Waals surface area contributed by atoms with Crippen LogP contribution in [0.1, 0.15) is 11.3 Å². The van der Waals surface area contributed by atoms with Gasteiger partial charge in [-0.25, -0.2) is 4.98 Å². The van der Waals surface area contributed by atoms with Crippen molar-refractivity contribution in [3.8, 4) is 17.2 Å². The van der Waals surface area contributed by atoms with Gasteiger partial charge >= 0.3 is 0 Å². The quantitative estimate of drug-likeness (QED) is 0.515. The highest BCUT2D eigenvalue weighted by Crippen LogP contribution is 2.37. The zero-order chi connectivity index (χ0) is 14.0. The second-order valence-corrected chi connectivity index (χ2v) is 4.87. The highest BCUT2D eigenvalue weighted by atomic mass is 79.9. The number of hydrogen-bond acceptors (Lipinski definition) is 5. The lowest BCUT2D eigenvalue weighted by Gasteiger charge is -2.11. The number of phenols is 3. The summed E-state index contributed by atoms with van der Waals surface area (Å²) in [5, 5.41) is 31.5. The van der Waals surface area contributed by atoms with Crippen molar-refractivity contribution in [2.45, 2.75) is 13.5 Å². The molecule has 0 aliphatic heterocycles. The maximum atomic E-state index is 9.70. The van der Waals surface area contributed by atoms with Crippen molar-refractivity contribution in [3.63, 3.8) is 0 Å². The number of pyridine rings is 1. The van der Waals surface area contributed by atoms with Gasteiger partial charge in [-0.2, -0.15) is 0 Å². The molecule has 100 valence electrons. The molecule has 2 aromatic rings. The smallest absolute Gasteiger partial charge is 0.200 e. The van der Waals surface area contributed by atoms with Gasteiger partial charge < -0.3 is 20.6 Å². The lowest BCUT2D eigenvalue weighted by Crippen LogP contribution is -2.02. The Balaban J connectivity index is 2.17. The molecule has 2 rings (SSSR count). The molecule has 0 bridgehead atoms. The lowest BCUT2D eigenvalue weighted by atomic mass is 10.1. The third kappa shape index (κ3) is 2.90. The van der Waals surface area contributed by atoms with Crippen LogP contribution >= 0.6 is 15.9 Å². The minimum Gasteiger partial charge on any atom is -0.504 e. The number of aryl methyl sites for hydroxylation is 1. The summed E-state index contributed by atoms with van der Waals surface area (Å²) in [6.07, 6.45) is 0. The van der Waals surface area contributed by atoms with E-state index in [2.05, 4.69) is 26.2 Å². The highest BCUT2D eigenvalue weighted by Gasteiger charge is 2.11. The van der Waals surface area contributed by atoms with Crippen LogP contribution in [0.3, 0.4) is 0 Å². The van der Waals surface area contributed by atoms with E-state index in [1.807, 2.05) is 19.1 Å². The van der Waals surface area contributed by atoms with Crippen molar-refractivity contribution < 1.29 is 15.3 Å². The molecule has 0 radical (unpaired) electrons. The Bertz CT molecular complexity index is 617.